The topological polar surface area (TPSA) is 61.3 Å². The van der Waals surface area contributed by atoms with Crippen molar-refractivity contribution in [1.29, 1.82) is 0 Å². The average Bonchev–Trinajstić information content (AvgIpc) is 2.85. The first-order chi connectivity index (χ1) is 8.81. The molecule has 0 amide bonds. The summed E-state index contributed by atoms with van der Waals surface area (Å²) < 4.78 is 0. The van der Waals surface area contributed by atoms with Crippen LogP contribution in [0.15, 0.2) is 53.8 Å². The SMILES string of the molecule is Oc1ccc(/C=N/c2ccc3nc[nH]c3c2)cc1. The first kappa shape index (κ1) is 10.5. The van der Waals surface area contributed by atoms with E-state index < -0.39 is 0 Å². The van der Waals surface area contributed by atoms with Crippen LogP contribution in [0.3, 0.4) is 0 Å². The number of rotatable bonds is 2. The third-order valence-corrected chi connectivity index (χ3v) is 2.66. The number of benzene rings is 2. The maximum atomic E-state index is 9.18. The van der Waals surface area contributed by atoms with Gasteiger partial charge in [0.05, 0.1) is 23.0 Å². The van der Waals surface area contributed by atoms with Gasteiger partial charge >= 0.3 is 0 Å². The Bertz CT molecular complexity index is 698. The third-order valence-electron chi connectivity index (χ3n) is 2.66. The highest BCUT2D eigenvalue weighted by atomic mass is 16.3. The van der Waals surface area contributed by atoms with Crippen molar-refractivity contribution in [3.8, 4) is 5.75 Å². The number of nitrogens with one attached hydrogen (secondary N) is 1. The lowest BCUT2D eigenvalue weighted by molar-refractivity contribution is 0.475. The van der Waals surface area contributed by atoms with Gasteiger partial charge in [0.15, 0.2) is 0 Å². The lowest BCUT2D eigenvalue weighted by Gasteiger charge is -1.95. The molecule has 2 aromatic carbocycles. The van der Waals surface area contributed by atoms with Crippen molar-refractivity contribution in [2.45, 2.75) is 0 Å². The molecule has 0 unspecified atom stereocenters. The number of H-pyrrole nitrogens is 1. The molecule has 1 heterocycles. The molecule has 88 valence electrons. The lowest BCUT2D eigenvalue weighted by Crippen LogP contribution is -1.79. The van der Waals surface area contributed by atoms with E-state index in [-0.39, 0.29) is 5.75 Å². The summed E-state index contributed by atoms with van der Waals surface area (Å²) in [7, 11) is 0. The highest BCUT2D eigenvalue weighted by Gasteiger charge is 1.96. The Morgan fingerprint density at radius 1 is 1.11 bits per heavy atom. The molecule has 1 aromatic heterocycles. The van der Waals surface area contributed by atoms with E-state index in [0.717, 1.165) is 22.3 Å². The fourth-order valence-electron chi connectivity index (χ4n) is 1.71. The summed E-state index contributed by atoms with van der Waals surface area (Å²) in [6.45, 7) is 0. The summed E-state index contributed by atoms with van der Waals surface area (Å²) in [5.74, 6) is 0.256. The fraction of sp³-hybridized carbons (Fsp3) is 0. The number of aliphatic imine (C=N–C) groups is 1. The Morgan fingerprint density at radius 2 is 1.94 bits per heavy atom. The third kappa shape index (κ3) is 2.08. The first-order valence-electron chi connectivity index (χ1n) is 5.57. The molecule has 3 rings (SSSR count). The van der Waals surface area contributed by atoms with Gasteiger partial charge in [0.25, 0.3) is 0 Å². The van der Waals surface area contributed by atoms with Crippen LogP contribution in [-0.2, 0) is 0 Å². The molecule has 0 saturated carbocycles. The van der Waals surface area contributed by atoms with Gasteiger partial charge in [0.1, 0.15) is 5.75 Å². The van der Waals surface area contributed by atoms with Gasteiger partial charge in [-0.15, -0.1) is 0 Å². The van der Waals surface area contributed by atoms with Gasteiger partial charge in [-0.25, -0.2) is 4.98 Å². The van der Waals surface area contributed by atoms with Gasteiger partial charge < -0.3 is 10.1 Å². The van der Waals surface area contributed by atoms with E-state index in [1.165, 1.54) is 0 Å². The van der Waals surface area contributed by atoms with Crippen molar-refractivity contribution in [3.63, 3.8) is 0 Å². The number of phenols is 1. The Morgan fingerprint density at radius 3 is 2.78 bits per heavy atom. The quantitative estimate of drug-likeness (QED) is 0.673. The Kier molecular flexibility index (Phi) is 2.53. The summed E-state index contributed by atoms with van der Waals surface area (Å²) in [6, 6.07) is 12.7. The summed E-state index contributed by atoms with van der Waals surface area (Å²) >= 11 is 0. The van der Waals surface area contributed by atoms with Crippen LogP contribution in [0, 0.1) is 0 Å². The minimum Gasteiger partial charge on any atom is -0.508 e. The molecule has 18 heavy (non-hydrogen) atoms. The molecule has 0 aliphatic carbocycles. The predicted octanol–water partition coefficient (Wildman–Crippen LogP) is 3.02. The molecule has 0 aliphatic rings. The summed E-state index contributed by atoms with van der Waals surface area (Å²) in [4.78, 5) is 11.6. The largest absolute Gasteiger partial charge is 0.508 e. The highest BCUT2D eigenvalue weighted by Crippen LogP contribution is 2.18. The maximum absolute atomic E-state index is 9.18. The molecule has 0 bridgehead atoms. The zero-order valence-corrected chi connectivity index (χ0v) is 9.54. The molecule has 0 atom stereocenters. The number of aromatic nitrogens is 2. The second-order valence-electron chi connectivity index (χ2n) is 3.95. The van der Waals surface area contributed by atoms with E-state index in [0.29, 0.717) is 0 Å². The van der Waals surface area contributed by atoms with Crippen LogP contribution >= 0.6 is 0 Å². The predicted molar refractivity (Wildman–Crippen MR) is 71.5 cm³/mol. The van der Waals surface area contributed by atoms with Crippen LogP contribution in [0.2, 0.25) is 0 Å². The van der Waals surface area contributed by atoms with Gasteiger partial charge in [-0.3, -0.25) is 4.99 Å². The first-order valence-corrected chi connectivity index (χ1v) is 5.57. The number of phenolic OH excluding ortho intramolecular Hbond substituents is 1. The van der Waals surface area contributed by atoms with Gasteiger partial charge in [-0.05, 0) is 48.0 Å². The van der Waals surface area contributed by atoms with Crippen LogP contribution in [0.25, 0.3) is 11.0 Å². The summed E-state index contributed by atoms with van der Waals surface area (Å²) in [5, 5.41) is 9.18. The van der Waals surface area contributed by atoms with Crippen LogP contribution in [-0.4, -0.2) is 21.3 Å². The van der Waals surface area contributed by atoms with E-state index in [9.17, 15) is 5.11 Å². The van der Waals surface area contributed by atoms with Crippen LogP contribution in [0.4, 0.5) is 5.69 Å². The molecule has 4 nitrogen and oxygen atoms in total. The molecule has 4 heteroatoms. The molecular weight excluding hydrogens is 226 g/mol. The molecule has 0 spiro atoms. The van der Waals surface area contributed by atoms with Gasteiger partial charge in [-0.2, -0.15) is 0 Å². The van der Waals surface area contributed by atoms with Gasteiger partial charge in [-0.1, -0.05) is 0 Å². The standard InChI is InChI=1S/C14H11N3O/c18-12-4-1-10(2-5-12)8-15-11-3-6-13-14(7-11)17-9-16-13/h1-9,18H,(H,16,17)/b15-8+. The van der Waals surface area contributed by atoms with Crippen molar-refractivity contribution < 1.29 is 5.11 Å². The maximum Gasteiger partial charge on any atom is 0.115 e. The normalized spacial score (nSPS) is 11.3. The van der Waals surface area contributed by atoms with Crippen molar-refractivity contribution in [2.75, 3.05) is 0 Å². The van der Waals surface area contributed by atoms with E-state index in [2.05, 4.69) is 15.0 Å². The average molecular weight is 237 g/mol. The van der Waals surface area contributed by atoms with E-state index >= 15 is 0 Å². The van der Waals surface area contributed by atoms with Crippen molar-refractivity contribution in [3.05, 3.63) is 54.4 Å². The van der Waals surface area contributed by atoms with E-state index in [4.69, 9.17) is 0 Å². The summed E-state index contributed by atoms with van der Waals surface area (Å²) in [5.41, 5.74) is 3.70. The monoisotopic (exact) mass is 237 g/mol. The second-order valence-corrected chi connectivity index (χ2v) is 3.95. The number of hydrogen-bond donors (Lipinski definition) is 2. The lowest BCUT2D eigenvalue weighted by atomic mass is 10.2. The Hall–Kier alpha value is -2.62. The van der Waals surface area contributed by atoms with Crippen molar-refractivity contribution in [2.24, 2.45) is 4.99 Å². The molecule has 0 saturated heterocycles. The molecule has 3 aromatic rings. The van der Waals surface area contributed by atoms with Crippen LogP contribution in [0.1, 0.15) is 5.56 Å². The second kappa shape index (κ2) is 4.33. The van der Waals surface area contributed by atoms with Gasteiger partial charge in [0, 0.05) is 6.21 Å². The molecule has 0 radical (unpaired) electrons. The zero-order chi connectivity index (χ0) is 12.4. The Balaban J connectivity index is 1.88. The minimum atomic E-state index is 0.256. The zero-order valence-electron chi connectivity index (χ0n) is 9.54. The van der Waals surface area contributed by atoms with Gasteiger partial charge in [0.2, 0.25) is 0 Å². The number of fused-ring (bicyclic) bond motifs is 1. The van der Waals surface area contributed by atoms with Crippen molar-refractivity contribution >= 4 is 22.9 Å². The minimum absolute atomic E-state index is 0.256. The highest BCUT2D eigenvalue weighted by molar-refractivity contribution is 5.84. The number of hydrogen-bond acceptors (Lipinski definition) is 3. The number of aromatic hydroxyl groups is 1. The number of nitrogens with zero attached hydrogens (tertiary/aromatic N) is 2. The Labute approximate surface area is 104 Å². The number of aromatic amines is 1. The van der Waals surface area contributed by atoms with Crippen molar-refractivity contribution in [1.82, 2.24) is 9.97 Å². The molecule has 2 N–H and O–H groups in total. The van der Waals surface area contributed by atoms with Crippen LogP contribution < -0.4 is 0 Å². The molecule has 0 fully saturated rings. The summed E-state index contributed by atoms with van der Waals surface area (Å²) in [6.07, 6.45) is 3.43. The molecule has 0 aliphatic heterocycles. The number of imidazole rings is 1. The van der Waals surface area contributed by atoms with Crippen LogP contribution in [0.5, 0.6) is 5.75 Å². The van der Waals surface area contributed by atoms with E-state index in [1.807, 2.05) is 30.3 Å². The smallest absolute Gasteiger partial charge is 0.115 e. The molecular formula is C14H11N3O. The van der Waals surface area contributed by atoms with E-state index in [1.54, 1.807) is 24.7 Å². The fourth-order valence-corrected chi connectivity index (χ4v) is 1.71.